The normalized spacial score (nSPS) is 13.6. The molecule has 108 valence electrons. The van der Waals surface area contributed by atoms with E-state index in [1.54, 1.807) is 18.3 Å². The third-order valence-corrected chi connectivity index (χ3v) is 3.88. The van der Waals surface area contributed by atoms with Gasteiger partial charge in [-0.1, -0.05) is 11.6 Å². The summed E-state index contributed by atoms with van der Waals surface area (Å²) in [5.41, 5.74) is 8.70. The Morgan fingerprint density at radius 1 is 1.23 bits per heavy atom. The van der Waals surface area contributed by atoms with Gasteiger partial charge in [0.05, 0.1) is 11.9 Å². The van der Waals surface area contributed by atoms with Crippen LogP contribution in [0.5, 0.6) is 5.88 Å². The van der Waals surface area contributed by atoms with E-state index in [1.807, 2.05) is 24.3 Å². The van der Waals surface area contributed by atoms with Crippen molar-refractivity contribution in [3.63, 3.8) is 0 Å². The van der Waals surface area contributed by atoms with Gasteiger partial charge in [0.25, 0.3) is 0 Å². The highest BCUT2D eigenvalue weighted by atomic mass is 35.5. The van der Waals surface area contributed by atoms with Gasteiger partial charge in [0.2, 0.25) is 0 Å². The Morgan fingerprint density at radius 3 is 2.95 bits per heavy atom. The molecule has 0 fully saturated rings. The number of anilines is 1. The summed E-state index contributed by atoms with van der Waals surface area (Å²) in [7, 11) is 0. The first kappa shape index (κ1) is 12.9. The van der Waals surface area contributed by atoms with Gasteiger partial charge in [-0.15, -0.1) is 0 Å². The van der Waals surface area contributed by atoms with Gasteiger partial charge in [0.15, 0.2) is 5.88 Å². The Kier molecular flexibility index (Phi) is 2.71. The van der Waals surface area contributed by atoms with E-state index in [0.717, 1.165) is 27.0 Å². The molecule has 4 rings (SSSR count). The fourth-order valence-electron chi connectivity index (χ4n) is 2.65. The Labute approximate surface area is 130 Å². The molecular weight excluding hydrogens is 300 g/mol. The summed E-state index contributed by atoms with van der Waals surface area (Å²) >= 11 is 6.06. The maximum absolute atomic E-state index is 10.2. The molecule has 0 unspecified atom stereocenters. The van der Waals surface area contributed by atoms with Crippen LogP contribution in [-0.4, -0.2) is 10.1 Å². The Bertz CT molecular complexity index is 1070. The quantitative estimate of drug-likeness (QED) is 0.604. The molecule has 0 amide bonds. The van der Waals surface area contributed by atoms with Crippen molar-refractivity contribution in [1.29, 1.82) is 0 Å². The van der Waals surface area contributed by atoms with Crippen molar-refractivity contribution in [3.05, 3.63) is 51.4 Å². The van der Waals surface area contributed by atoms with Crippen LogP contribution in [0.15, 0.2) is 40.6 Å². The van der Waals surface area contributed by atoms with Crippen LogP contribution in [0.2, 0.25) is 5.02 Å². The number of benzene rings is 2. The zero-order valence-electron chi connectivity index (χ0n) is 11.3. The number of azo groups is 1. The van der Waals surface area contributed by atoms with Crippen LogP contribution in [0.4, 0.5) is 11.4 Å². The van der Waals surface area contributed by atoms with Gasteiger partial charge in [0.1, 0.15) is 0 Å². The highest BCUT2D eigenvalue weighted by Gasteiger charge is 2.10. The maximum Gasteiger partial charge on any atom is 0.196 e. The van der Waals surface area contributed by atoms with E-state index in [2.05, 4.69) is 15.2 Å². The number of fused-ring (bicyclic) bond motifs is 2. The molecule has 6 heteroatoms. The molecule has 1 aliphatic rings. The molecule has 5 nitrogen and oxygen atoms in total. The first-order valence-corrected chi connectivity index (χ1v) is 7.02. The minimum absolute atomic E-state index is 0.0836. The molecule has 0 aliphatic carbocycles. The van der Waals surface area contributed by atoms with Crippen LogP contribution in [0.1, 0.15) is 5.56 Å². The van der Waals surface area contributed by atoms with E-state index < -0.39 is 0 Å². The summed E-state index contributed by atoms with van der Waals surface area (Å²) in [5.74, 6) is 0.0836. The minimum atomic E-state index is 0.0836. The highest BCUT2D eigenvalue weighted by molar-refractivity contribution is 6.31. The number of halogens is 1. The van der Waals surface area contributed by atoms with Crippen molar-refractivity contribution < 1.29 is 5.11 Å². The molecule has 4 N–H and O–H groups in total. The van der Waals surface area contributed by atoms with Gasteiger partial charge in [0, 0.05) is 32.4 Å². The number of nitrogens with zero attached hydrogens (tertiary/aromatic N) is 2. The van der Waals surface area contributed by atoms with E-state index in [-0.39, 0.29) is 5.88 Å². The summed E-state index contributed by atoms with van der Waals surface area (Å²) in [5, 5.41) is 21.3. The van der Waals surface area contributed by atoms with Gasteiger partial charge in [-0.05, 0) is 41.6 Å². The standard InChI is InChI=1S/C16H11ClN4O/c17-9-1-2-14-11(5-9)12(16(22)20-14)4-8-3-10(18)6-15-13(8)7-19-21-15/h1-7,20,22H,18H2. The Hall–Kier alpha value is -2.79. The molecule has 2 heterocycles. The summed E-state index contributed by atoms with van der Waals surface area (Å²) in [6.07, 6.45) is 3.53. The average molecular weight is 311 g/mol. The van der Waals surface area contributed by atoms with Crippen molar-refractivity contribution >= 4 is 46.2 Å². The maximum atomic E-state index is 10.2. The number of hydrogen-bond donors (Lipinski definition) is 3. The summed E-state index contributed by atoms with van der Waals surface area (Å²) in [6, 6.07) is 9.01. The molecule has 0 bridgehead atoms. The summed E-state index contributed by atoms with van der Waals surface area (Å²) in [6.45, 7) is 0. The van der Waals surface area contributed by atoms with Gasteiger partial charge < -0.3 is 15.8 Å². The van der Waals surface area contributed by atoms with E-state index >= 15 is 0 Å². The van der Waals surface area contributed by atoms with Gasteiger partial charge in [-0.3, -0.25) is 0 Å². The third kappa shape index (κ3) is 1.95. The molecule has 0 saturated carbocycles. The minimum Gasteiger partial charge on any atom is -0.494 e. The van der Waals surface area contributed by atoms with Crippen molar-refractivity contribution in [3.8, 4) is 5.88 Å². The molecule has 3 aromatic rings. The molecule has 1 aliphatic heterocycles. The molecule has 0 radical (unpaired) electrons. The van der Waals surface area contributed by atoms with Crippen LogP contribution in [0, 0.1) is 0 Å². The summed E-state index contributed by atoms with van der Waals surface area (Å²) < 4.78 is 0. The topological polar surface area (TPSA) is 86.8 Å². The van der Waals surface area contributed by atoms with Gasteiger partial charge in [-0.25, -0.2) is 0 Å². The summed E-state index contributed by atoms with van der Waals surface area (Å²) in [4.78, 5) is 2.93. The second-order valence-electron chi connectivity index (χ2n) is 5.11. The first-order valence-electron chi connectivity index (χ1n) is 6.64. The molecule has 22 heavy (non-hydrogen) atoms. The predicted octanol–water partition coefficient (Wildman–Crippen LogP) is 2.77. The largest absolute Gasteiger partial charge is 0.494 e. The molecular formula is C16H11ClN4O. The lowest BCUT2D eigenvalue weighted by atomic mass is 10.1. The molecule has 0 spiro atoms. The van der Waals surface area contributed by atoms with Gasteiger partial charge >= 0.3 is 0 Å². The SMILES string of the molecule is Nc1cc2c(c(=Cc3c(O)[nH]c4ccc(Cl)cc34)c1)=CN=N2. The van der Waals surface area contributed by atoms with Crippen molar-refractivity contribution in [2.75, 3.05) is 5.73 Å². The molecule has 2 aromatic carbocycles. The lowest BCUT2D eigenvalue weighted by Gasteiger charge is -1.98. The predicted molar refractivity (Wildman–Crippen MR) is 87.6 cm³/mol. The number of nitrogens with two attached hydrogens (primary N) is 1. The number of H-pyrrole nitrogens is 1. The fraction of sp³-hybridized carbons (Fsp3) is 0. The second kappa shape index (κ2) is 4.61. The number of hydrogen-bond acceptors (Lipinski definition) is 4. The Balaban J connectivity index is 2.07. The van der Waals surface area contributed by atoms with Crippen LogP contribution < -0.4 is 16.2 Å². The van der Waals surface area contributed by atoms with E-state index in [9.17, 15) is 5.11 Å². The van der Waals surface area contributed by atoms with Crippen LogP contribution in [0.3, 0.4) is 0 Å². The molecule has 1 aromatic heterocycles. The monoisotopic (exact) mass is 310 g/mol. The third-order valence-electron chi connectivity index (χ3n) is 3.64. The zero-order valence-corrected chi connectivity index (χ0v) is 12.1. The zero-order chi connectivity index (χ0) is 15.3. The number of nitrogen functional groups attached to an aromatic ring is 1. The first-order chi connectivity index (χ1) is 10.6. The lowest BCUT2D eigenvalue weighted by molar-refractivity contribution is 0.457. The Morgan fingerprint density at radius 2 is 2.09 bits per heavy atom. The van der Waals surface area contributed by atoms with Crippen LogP contribution >= 0.6 is 11.6 Å². The van der Waals surface area contributed by atoms with Gasteiger partial charge in [-0.2, -0.15) is 10.2 Å². The van der Waals surface area contributed by atoms with Crippen LogP contribution in [-0.2, 0) is 0 Å². The van der Waals surface area contributed by atoms with E-state index in [0.29, 0.717) is 16.3 Å². The lowest BCUT2D eigenvalue weighted by Crippen LogP contribution is -2.24. The number of aromatic hydroxyl groups is 1. The number of aromatic nitrogens is 1. The highest BCUT2D eigenvalue weighted by Crippen LogP contribution is 2.29. The number of nitrogens with one attached hydrogen (secondary N) is 1. The fourth-order valence-corrected chi connectivity index (χ4v) is 2.82. The number of aromatic amines is 1. The smallest absolute Gasteiger partial charge is 0.196 e. The molecule has 0 saturated heterocycles. The van der Waals surface area contributed by atoms with E-state index in [1.165, 1.54) is 0 Å². The molecule has 0 atom stereocenters. The number of rotatable bonds is 1. The van der Waals surface area contributed by atoms with Crippen molar-refractivity contribution in [2.45, 2.75) is 0 Å². The average Bonchev–Trinajstić information content (AvgIpc) is 3.04. The van der Waals surface area contributed by atoms with Crippen LogP contribution in [0.25, 0.3) is 23.2 Å². The van der Waals surface area contributed by atoms with Crippen molar-refractivity contribution in [2.24, 2.45) is 10.2 Å². The van der Waals surface area contributed by atoms with E-state index in [4.69, 9.17) is 17.3 Å². The second-order valence-corrected chi connectivity index (χ2v) is 5.55. The van der Waals surface area contributed by atoms with Crippen molar-refractivity contribution in [1.82, 2.24) is 4.98 Å².